The van der Waals surface area contributed by atoms with Gasteiger partial charge in [0.15, 0.2) is 6.04 Å². The second-order valence-corrected chi connectivity index (χ2v) is 12.1. The van der Waals surface area contributed by atoms with Crippen molar-refractivity contribution in [1.82, 2.24) is 4.90 Å². The summed E-state index contributed by atoms with van der Waals surface area (Å²) in [6.07, 6.45) is -4.31. The van der Waals surface area contributed by atoms with E-state index < -0.39 is 53.7 Å². The number of esters is 1. The second-order valence-electron chi connectivity index (χ2n) is 12.1. The standard InChI is InChI=1S/C32H43NO9/c1-22-27(39-19-24-16-12-9-13-17-24)26(38-18-23-14-10-8-11-15-23)21-37-20-25(28(34)40-22)33(29(35)41-31(2,3)4)30(36)42-32(5,6)7/h8-17,22,25-27H,18-21H2,1-7H3/t22?,25-,26?,27-/m0/s1. The van der Waals surface area contributed by atoms with Gasteiger partial charge in [0.1, 0.15) is 29.5 Å². The van der Waals surface area contributed by atoms with Crippen LogP contribution in [0.1, 0.15) is 59.6 Å². The van der Waals surface area contributed by atoms with Crippen LogP contribution in [0.15, 0.2) is 60.7 Å². The average Bonchev–Trinajstić information content (AvgIpc) is 2.94. The van der Waals surface area contributed by atoms with Gasteiger partial charge >= 0.3 is 18.2 Å². The first kappa shape index (κ1) is 33.0. The average molecular weight is 586 g/mol. The molecule has 3 rings (SSSR count). The number of carbonyl (C=O) groups excluding carboxylic acids is 3. The predicted octanol–water partition coefficient (Wildman–Crippen LogP) is 5.66. The van der Waals surface area contributed by atoms with Crippen molar-refractivity contribution in [3.05, 3.63) is 71.8 Å². The SMILES string of the molecule is CC1OC(=O)[C@@H](N(C(=O)OC(C)(C)C)C(=O)OC(C)(C)C)COCC(OCc2ccccc2)[C@H]1OCc1ccccc1. The summed E-state index contributed by atoms with van der Waals surface area (Å²) in [5.74, 6) is -0.865. The van der Waals surface area contributed by atoms with E-state index in [0.717, 1.165) is 11.1 Å². The number of hydrogen-bond acceptors (Lipinski definition) is 9. The molecule has 0 N–H and O–H groups in total. The molecule has 1 heterocycles. The predicted molar refractivity (Wildman–Crippen MR) is 155 cm³/mol. The minimum atomic E-state index is -1.47. The summed E-state index contributed by atoms with van der Waals surface area (Å²) in [6, 6.07) is 17.7. The summed E-state index contributed by atoms with van der Waals surface area (Å²) < 4.78 is 35.2. The molecule has 4 atom stereocenters. The summed E-state index contributed by atoms with van der Waals surface area (Å²) in [6.45, 7) is 11.8. The molecule has 1 saturated heterocycles. The topological polar surface area (TPSA) is 110 Å². The highest BCUT2D eigenvalue weighted by Crippen LogP contribution is 2.23. The van der Waals surface area contributed by atoms with Crippen LogP contribution >= 0.6 is 0 Å². The zero-order valence-electron chi connectivity index (χ0n) is 25.5. The van der Waals surface area contributed by atoms with E-state index in [0.29, 0.717) is 4.90 Å². The molecule has 0 aromatic heterocycles. The van der Waals surface area contributed by atoms with Crippen LogP contribution in [0.5, 0.6) is 0 Å². The number of imide groups is 1. The van der Waals surface area contributed by atoms with Gasteiger partial charge in [-0.2, -0.15) is 4.90 Å². The number of carbonyl (C=O) groups is 3. The monoisotopic (exact) mass is 585 g/mol. The Hall–Kier alpha value is -3.47. The number of nitrogens with zero attached hydrogens (tertiary/aromatic N) is 1. The Morgan fingerprint density at radius 2 is 1.26 bits per heavy atom. The third kappa shape index (κ3) is 10.4. The van der Waals surface area contributed by atoms with E-state index in [2.05, 4.69) is 0 Å². The number of rotatable bonds is 7. The number of hydrogen-bond donors (Lipinski definition) is 0. The summed E-state index contributed by atoms with van der Waals surface area (Å²) in [5, 5.41) is 0. The van der Waals surface area contributed by atoms with Crippen molar-refractivity contribution in [2.75, 3.05) is 13.2 Å². The van der Waals surface area contributed by atoms with Crippen molar-refractivity contribution >= 4 is 18.2 Å². The highest BCUT2D eigenvalue weighted by Gasteiger charge is 2.44. The van der Waals surface area contributed by atoms with Gasteiger partial charge in [-0.15, -0.1) is 0 Å². The first-order valence-electron chi connectivity index (χ1n) is 14.1. The van der Waals surface area contributed by atoms with Gasteiger partial charge in [0, 0.05) is 0 Å². The highest BCUT2D eigenvalue weighted by atomic mass is 16.6. The van der Waals surface area contributed by atoms with E-state index in [9.17, 15) is 14.4 Å². The molecular weight excluding hydrogens is 542 g/mol. The molecule has 0 spiro atoms. The molecule has 2 aromatic rings. The summed E-state index contributed by atoms with van der Waals surface area (Å²) in [5.41, 5.74) is -0.0123. The van der Waals surface area contributed by atoms with Crippen LogP contribution in [-0.4, -0.2) is 71.8 Å². The van der Waals surface area contributed by atoms with E-state index >= 15 is 0 Å². The van der Waals surface area contributed by atoms with Crippen LogP contribution < -0.4 is 0 Å². The molecule has 2 amide bonds. The normalized spacial score (nSPS) is 21.7. The van der Waals surface area contributed by atoms with Gasteiger partial charge in [-0.3, -0.25) is 0 Å². The van der Waals surface area contributed by atoms with Crippen molar-refractivity contribution < 1.29 is 42.8 Å². The highest BCUT2D eigenvalue weighted by molar-refractivity contribution is 5.94. The molecular formula is C32H43NO9. The van der Waals surface area contributed by atoms with Gasteiger partial charge in [0.25, 0.3) is 0 Å². The number of cyclic esters (lactones) is 1. The molecule has 230 valence electrons. The lowest BCUT2D eigenvalue weighted by Crippen LogP contribution is -2.54. The first-order valence-corrected chi connectivity index (χ1v) is 14.1. The number of ether oxygens (including phenoxy) is 6. The minimum absolute atomic E-state index is 0.000245. The molecule has 10 nitrogen and oxygen atoms in total. The van der Waals surface area contributed by atoms with Gasteiger partial charge in [-0.1, -0.05) is 60.7 Å². The fourth-order valence-corrected chi connectivity index (χ4v) is 4.15. The quantitative estimate of drug-likeness (QED) is 0.300. The van der Waals surface area contributed by atoms with Crippen molar-refractivity contribution in [1.29, 1.82) is 0 Å². The Labute approximate surface area is 248 Å². The van der Waals surface area contributed by atoms with Crippen molar-refractivity contribution in [3.63, 3.8) is 0 Å². The largest absolute Gasteiger partial charge is 0.458 e. The van der Waals surface area contributed by atoms with Crippen LogP contribution in [0.25, 0.3) is 0 Å². The Balaban J connectivity index is 1.89. The number of benzene rings is 2. The molecule has 2 aromatic carbocycles. The Morgan fingerprint density at radius 1 is 0.786 bits per heavy atom. The van der Waals surface area contributed by atoms with E-state index in [-0.39, 0.29) is 26.4 Å². The van der Waals surface area contributed by atoms with Crippen molar-refractivity contribution in [2.45, 2.75) is 97.2 Å². The van der Waals surface area contributed by atoms with Crippen LogP contribution in [0.2, 0.25) is 0 Å². The van der Waals surface area contributed by atoms with E-state index in [1.54, 1.807) is 48.5 Å². The Bertz CT molecular complexity index is 1130. The zero-order valence-corrected chi connectivity index (χ0v) is 25.5. The molecule has 2 unspecified atom stereocenters. The van der Waals surface area contributed by atoms with Crippen LogP contribution in [-0.2, 0) is 46.4 Å². The van der Waals surface area contributed by atoms with Crippen LogP contribution in [0, 0.1) is 0 Å². The summed E-state index contributed by atoms with van der Waals surface area (Å²) >= 11 is 0. The van der Waals surface area contributed by atoms with Crippen molar-refractivity contribution in [2.24, 2.45) is 0 Å². The molecule has 1 aliphatic rings. The van der Waals surface area contributed by atoms with E-state index in [1.165, 1.54) is 0 Å². The maximum absolute atomic E-state index is 13.6. The van der Waals surface area contributed by atoms with Crippen molar-refractivity contribution in [3.8, 4) is 0 Å². The molecule has 0 radical (unpaired) electrons. The smallest absolute Gasteiger partial charge is 0.420 e. The van der Waals surface area contributed by atoms with Gasteiger partial charge in [-0.05, 0) is 59.6 Å². The zero-order chi connectivity index (χ0) is 30.9. The third-order valence-corrected chi connectivity index (χ3v) is 6.05. The molecule has 10 heteroatoms. The van der Waals surface area contributed by atoms with Gasteiger partial charge < -0.3 is 28.4 Å². The fourth-order valence-electron chi connectivity index (χ4n) is 4.15. The van der Waals surface area contributed by atoms with Crippen LogP contribution in [0.4, 0.5) is 9.59 Å². The van der Waals surface area contributed by atoms with Gasteiger partial charge in [0.2, 0.25) is 0 Å². The lowest BCUT2D eigenvalue weighted by Gasteiger charge is -2.32. The van der Waals surface area contributed by atoms with E-state index in [4.69, 9.17) is 28.4 Å². The lowest BCUT2D eigenvalue weighted by atomic mass is 10.1. The Morgan fingerprint density at radius 3 is 1.74 bits per heavy atom. The molecule has 0 bridgehead atoms. The van der Waals surface area contributed by atoms with E-state index in [1.807, 2.05) is 60.7 Å². The maximum atomic E-state index is 13.6. The van der Waals surface area contributed by atoms with Crippen LogP contribution in [0.3, 0.4) is 0 Å². The van der Waals surface area contributed by atoms with Gasteiger partial charge in [0.05, 0.1) is 26.4 Å². The summed E-state index contributed by atoms with van der Waals surface area (Å²) in [4.78, 5) is 40.7. The molecule has 1 aliphatic heterocycles. The van der Waals surface area contributed by atoms with Gasteiger partial charge in [-0.25, -0.2) is 14.4 Å². The fraction of sp³-hybridized carbons (Fsp3) is 0.531. The molecule has 0 aliphatic carbocycles. The molecule has 0 saturated carbocycles. The Kier molecular flexibility index (Phi) is 11.5. The second kappa shape index (κ2) is 14.6. The maximum Gasteiger partial charge on any atom is 0.420 e. The minimum Gasteiger partial charge on any atom is -0.458 e. The third-order valence-electron chi connectivity index (χ3n) is 6.05. The number of amides is 2. The summed E-state index contributed by atoms with van der Waals surface area (Å²) in [7, 11) is 0. The first-order chi connectivity index (χ1) is 19.7. The lowest BCUT2D eigenvalue weighted by molar-refractivity contribution is -0.172. The molecule has 1 fully saturated rings. The molecule has 42 heavy (non-hydrogen) atoms.